The molecule has 0 fully saturated rings. The first-order valence-corrected chi connectivity index (χ1v) is 5.87. The van der Waals surface area contributed by atoms with Crippen LogP contribution in [0.25, 0.3) is 0 Å². The van der Waals surface area contributed by atoms with Crippen LogP contribution in [0.15, 0.2) is 18.2 Å². The molecule has 4 nitrogen and oxygen atoms in total. The van der Waals surface area contributed by atoms with Gasteiger partial charge in [-0.1, -0.05) is 13.0 Å². The lowest BCUT2D eigenvalue weighted by Gasteiger charge is -2.24. The Labute approximate surface area is 107 Å². The number of anilines is 1. The van der Waals surface area contributed by atoms with Gasteiger partial charge in [0.15, 0.2) is 0 Å². The second-order valence-electron chi connectivity index (χ2n) is 4.62. The Bertz CT molecular complexity index is 457. The fourth-order valence-corrected chi connectivity index (χ4v) is 1.89. The number of carboxylic acid groups (broad SMARTS) is 1. The second kappa shape index (κ2) is 6.06. The third kappa shape index (κ3) is 3.77. The van der Waals surface area contributed by atoms with E-state index in [-0.39, 0.29) is 6.54 Å². The lowest BCUT2D eigenvalue weighted by molar-refractivity contribution is -0.140. The minimum Gasteiger partial charge on any atom is -0.481 e. The lowest BCUT2D eigenvalue weighted by atomic mass is 10.1. The van der Waals surface area contributed by atoms with Gasteiger partial charge in [-0.3, -0.25) is 4.79 Å². The number of hydrogen-bond acceptors (Lipinski definition) is 3. The van der Waals surface area contributed by atoms with Gasteiger partial charge in [-0.25, -0.2) is 0 Å². The number of nitriles is 1. The number of rotatable bonds is 5. The molecule has 1 aromatic rings. The summed E-state index contributed by atoms with van der Waals surface area (Å²) in [5.74, 6) is -1.35. The van der Waals surface area contributed by atoms with Gasteiger partial charge in [0.1, 0.15) is 6.54 Å². The summed E-state index contributed by atoms with van der Waals surface area (Å²) in [6.07, 6.45) is 0. The standard InChI is InChI=1S/C14H18N2O2/c1-10-6-11(2)8-13(7-10)16(5-4-15)9-12(3)14(17)18/h6-8,12H,5,9H2,1-3H3,(H,17,18). The van der Waals surface area contributed by atoms with Crippen molar-refractivity contribution in [1.29, 1.82) is 5.26 Å². The molecule has 0 spiro atoms. The first kappa shape index (κ1) is 14.0. The molecule has 1 aromatic carbocycles. The van der Waals surface area contributed by atoms with Crippen LogP contribution in [0.1, 0.15) is 18.1 Å². The number of aliphatic carboxylic acids is 1. The highest BCUT2D eigenvalue weighted by Crippen LogP contribution is 2.19. The van der Waals surface area contributed by atoms with E-state index in [1.807, 2.05) is 26.0 Å². The van der Waals surface area contributed by atoms with Gasteiger partial charge in [0.25, 0.3) is 0 Å². The smallest absolute Gasteiger partial charge is 0.308 e. The minimum atomic E-state index is -0.845. The normalized spacial score (nSPS) is 11.7. The number of benzene rings is 1. The maximum Gasteiger partial charge on any atom is 0.308 e. The van der Waals surface area contributed by atoms with Gasteiger partial charge in [-0.2, -0.15) is 5.26 Å². The molecule has 96 valence electrons. The molecule has 0 aliphatic heterocycles. The van der Waals surface area contributed by atoms with Crippen LogP contribution in [-0.4, -0.2) is 24.2 Å². The van der Waals surface area contributed by atoms with Crippen LogP contribution in [0.5, 0.6) is 0 Å². The Balaban J connectivity index is 2.97. The third-order valence-corrected chi connectivity index (χ3v) is 2.75. The highest BCUT2D eigenvalue weighted by molar-refractivity contribution is 5.70. The molecule has 0 bridgehead atoms. The molecule has 0 saturated heterocycles. The summed E-state index contributed by atoms with van der Waals surface area (Å²) < 4.78 is 0. The fraction of sp³-hybridized carbons (Fsp3) is 0.429. The van der Waals surface area contributed by atoms with Crippen LogP contribution in [0.3, 0.4) is 0 Å². The minimum absolute atomic E-state index is 0.195. The van der Waals surface area contributed by atoms with Crippen LogP contribution >= 0.6 is 0 Å². The SMILES string of the molecule is Cc1cc(C)cc(N(CC#N)CC(C)C(=O)O)c1. The van der Waals surface area contributed by atoms with Crippen molar-refractivity contribution >= 4 is 11.7 Å². The summed E-state index contributed by atoms with van der Waals surface area (Å²) in [5.41, 5.74) is 3.12. The maximum atomic E-state index is 10.9. The molecule has 0 aliphatic carbocycles. The molecule has 1 unspecified atom stereocenters. The van der Waals surface area contributed by atoms with E-state index >= 15 is 0 Å². The van der Waals surface area contributed by atoms with E-state index in [1.165, 1.54) is 0 Å². The van der Waals surface area contributed by atoms with Crippen molar-refractivity contribution in [1.82, 2.24) is 0 Å². The average Bonchev–Trinajstić information content (AvgIpc) is 2.26. The average molecular weight is 246 g/mol. The Morgan fingerprint density at radius 3 is 2.39 bits per heavy atom. The predicted molar refractivity (Wildman–Crippen MR) is 70.5 cm³/mol. The van der Waals surface area contributed by atoms with Crippen molar-refractivity contribution in [2.45, 2.75) is 20.8 Å². The van der Waals surface area contributed by atoms with Crippen molar-refractivity contribution in [3.05, 3.63) is 29.3 Å². The van der Waals surface area contributed by atoms with Gasteiger partial charge >= 0.3 is 5.97 Å². The topological polar surface area (TPSA) is 64.3 Å². The molecule has 4 heteroatoms. The number of carbonyl (C=O) groups is 1. The molecule has 0 amide bonds. The van der Waals surface area contributed by atoms with E-state index in [1.54, 1.807) is 11.8 Å². The molecule has 0 heterocycles. The van der Waals surface area contributed by atoms with E-state index in [9.17, 15) is 4.79 Å². The predicted octanol–water partition coefficient (Wildman–Crippen LogP) is 2.35. The van der Waals surface area contributed by atoms with Crippen molar-refractivity contribution in [2.75, 3.05) is 18.0 Å². The molecule has 18 heavy (non-hydrogen) atoms. The first-order chi connectivity index (χ1) is 8.43. The molecule has 1 rings (SSSR count). The molecule has 0 saturated carbocycles. The molecule has 1 N–H and O–H groups in total. The zero-order chi connectivity index (χ0) is 13.7. The Morgan fingerprint density at radius 1 is 1.39 bits per heavy atom. The summed E-state index contributed by atoms with van der Waals surface area (Å²) in [6, 6.07) is 8.08. The van der Waals surface area contributed by atoms with Gasteiger partial charge in [0.2, 0.25) is 0 Å². The number of carboxylic acids is 1. The van der Waals surface area contributed by atoms with E-state index < -0.39 is 11.9 Å². The zero-order valence-corrected chi connectivity index (χ0v) is 11.0. The van der Waals surface area contributed by atoms with Gasteiger partial charge in [0.05, 0.1) is 12.0 Å². The molecule has 1 atom stereocenters. The second-order valence-corrected chi connectivity index (χ2v) is 4.62. The molecular weight excluding hydrogens is 228 g/mol. The largest absolute Gasteiger partial charge is 0.481 e. The van der Waals surface area contributed by atoms with E-state index in [4.69, 9.17) is 10.4 Å². The Hall–Kier alpha value is -2.02. The quantitative estimate of drug-likeness (QED) is 0.810. The summed E-state index contributed by atoms with van der Waals surface area (Å²) in [4.78, 5) is 12.7. The summed E-state index contributed by atoms with van der Waals surface area (Å²) >= 11 is 0. The maximum absolute atomic E-state index is 10.9. The summed E-state index contributed by atoms with van der Waals surface area (Å²) in [7, 11) is 0. The van der Waals surface area contributed by atoms with Crippen LogP contribution in [0.2, 0.25) is 0 Å². The van der Waals surface area contributed by atoms with E-state index in [0.717, 1.165) is 16.8 Å². The van der Waals surface area contributed by atoms with Crippen molar-refractivity contribution < 1.29 is 9.90 Å². The Morgan fingerprint density at radius 2 is 1.94 bits per heavy atom. The number of nitrogens with zero attached hydrogens (tertiary/aromatic N) is 2. The van der Waals surface area contributed by atoms with E-state index in [2.05, 4.69) is 12.1 Å². The van der Waals surface area contributed by atoms with Crippen LogP contribution in [0.4, 0.5) is 5.69 Å². The van der Waals surface area contributed by atoms with Crippen LogP contribution in [0, 0.1) is 31.1 Å². The molecule has 0 radical (unpaired) electrons. The fourth-order valence-electron chi connectivity index (χ4n) is 1.89. The summed E-state index contributed by atoms with van der Waals surface area (Å²) in [5, 5.41) is 17.8. The van der Waals surface area contributed by atoms with Crippen molar-refractivity contribution in [3.63, 3.8) is 0 Å². The van der Waals surface area contributed by atoms with Crippen LogP contribution < -0.4 is 4.90 Å². The van der Waals surface area contributed by atoms with Gasteiger partial charge in [-0.15, -0.1) is 0 Å². The van der Waals surface area contributed by atoms with Gasteiger partial charge < -0.3 is 10.0 Å². The van der Waals surface area contributed by atoms with Crippen molar-refractivity contribution in [2.24, 2.45) is 5.92 Å². The van der Waals surface area contributed by atoms with Gasteiger partial charge in [-0.05, 0) is 37.1 Å². The van der Waals surface area contributed by atoms with Crippen LogP contribution in [-0.2, 0) is 4.79 Å². The molecule has 0 aromatic heterocycles. The Kier molecular flexibility index (Phi) is 4.73. The van der Waals surface area contributed by atoms with Gasteiger partial charge in [0, 0.05) is 12.2 Å². The third-order valence-electron chi connectivity index (χ3n) is 2.75. The zero-order valence-electron chi connectivity index (χ0n) is 11.0. The highest BCUT2D eigenvalue weighted by Gasteiger charge is 2.16. The van der Waals surface area contributed by atoms with Crippen molar-refractivity contribution in [3.8, 4) is 6.07 Å². The molecular formula is C14H18N2O2. The highest BCUT2D eigenvalue weighted by atomic mass is 16.4. The first-order valence-electron chi connectivity index (χ1n) is 5.87. The molecule has 0 aliphatic rings. The number of aryl methyl sites for hydroxylation is 2. The van der Waals surface area contributed by atoms with E-state index in [0.29, 0.717) is 6.54 Å². The monoisotopic (exact) mass is 246 g/mol. The number of hydrogen-bond donors (Lipinski definition) is 1. The summed E-state index contributed by atoms with van der Waals surface area (Å²) in [6.45, 7) is 6.16. The lowest BCUT2D eigenvalue weighted by Crippen LogP contribution is -2.32.